The second-order valence-electron chi connectivity index (χ2n) is 9.10. The van der Waals surface area contributed by atoms with E-state index in [0.29, 0.717) is 56.8 Å². The first-order valence-electron chi connectivity index (χ1n) is 11.6. The van der Waals surface area contributed by atoms with E-state index in [2.05, 4.69) is 20.7 Å². The van der Waals surface area contributed by atoms with Crippen LogP contribution in [0.2, 0.25) is 10.0 Å². The van der Waals surface area contributed by atoms with Crippen LogP contribution in [0.15, 0.2) is 36.5 Å². The fraction of sp³-hybridized carbons (Fsp3) is 0.360. The minimum absolute atomic E-state index is 0.262. The molecule has 182 valence electrons. The highest BCUT2D eigenvalue weighted by Crippen LogP contribution is 2.31. The Morgan fingerprint density at radius 3 is 2.63 bits per heavy atom. The molecule has 3 aromatic rings. The van der Waals surface area contributed by atoms with Gasteiger partial charge in [-0.05, 0) is 85.4 Å². The first-order chi connectivity index (χ1) is 16.9. The van der Waals surface area contributed by atoms with E-state index in [1.165, 1.54) is 4.68 Å². The zero-order chi connectivity index (χ0) is 24.5. The Hall–Kier alpha value is -2.55. The normalized spacial score (nSPS) is 15.5. The maximum Gasteiger partial charge on any atom is 0.274 e. The summed E-state index contributed by atoms with van der Waals surface area (Å²) >= 11 is 14.6. The number of aryl methyl sites for hydroxylation is 1. The molecule has 1 aromatic carbocycles. The van der Waals surface area contributed by atoms with Crippen molar-refractivity contribution in [1.82, 2.24) is 20.1 Å². The van der Waals surface area contributed by atoms with Crippen molar-refractivity contribution in [2.75, 3.05) is 23.4 Å². The quantitative estimate of drug-likeness (QED) is 0.419. The Morgan fingerprint density at radius 2 is 1.94 bits per heavy atom. The van der Waals surface area contributed by atoms with E-state index in [4.69, 9.17) is 23.2 Å². The van der Waals surface area contributed by atoms with Gasteiger partial charge in [-0.15, -0.1) is 0 Å². The van der Waals surface area contributed by atoms with Crippen LogP contribution in [0.1, 0.15) is 44.9 Å². The highest BCUT2D eigenvalue weighted by molar-refractivity contribution is 8.00. The van der Waals surface area contributed by atoms with Gasteiger partial charge in [-0.2, -0.15) is 16.9 Å². The van der Waals surface area contributed by atoms with Crippen molar-refractivity contribution in [2.24, 2.45) is 11.8 Å². The maximum absolute atomic E-state index is 13.6. The van der Waals surface area contributed by atoms with Gasteiger partial charge in [0.2, 0.25) is 0 Å². The molecule has 2 N–H and O–H groups in total. The molecule has 0 unspecified atom stereocenters. The second kappa shape index (κ2) is 10.2. The van der Waals surface area contributed by atoms with Crippen molar-refractivity contribution in [2.45, 2.75) is 26.2 Å². The van der Waals surface area contributed by atoms with Crippen molar-refractivity contribution >= 4 is 52.5 Å². The molecule has 2 amide bonds. The van der Waals surface area contributed by atoms with Crippen LogP contribution in [0.3, 0.4) is 0 Å². The Kier molecular flexibility index (Phi) is 7.05. The number of thioether (sulfide) groups is 1. The molecular formula is C25H25Cl2N5O2S. The summed E-state index contributed by atoms with van der Waals surface area (Å²) < 4.78 is 1.48. The lowest BCUT2D eigenvalue weighted by molar-refractivity contribution is 0.0952. The molecule has 2 aromatic heterocycles. The van der Waals surface area contributed by atoms with Crippen molar-refractivity contribution in [3.05, 3.63) is 69.1 Å². The predicted molar refractivity (Wildman–Crippen MR) is 140 cm³/mol. The molecule has 35 heavy (non-hydrogen) atoms. The van der Waals surface area contributed by atoms with E-state index in [9.17, 15) is 9.59 Å². The van der Waals surface area contributed by atoms with E-state index in [-0.39, 0.29) is 5.91 Å². The summed E-state index contributed by atoms with van der Waals surface area (Å²) in [5, 5.41) is 11.4. The van der Waals surface area contributed by atoms with Crippen LogP contribution < -0.4 is 10.6 Å². The molecule has 1 saturated carbocycles. The number of nitrogens with zero attached hydrogens (tertiary/aromatic N) is 3. The number of anilines is 1. The van der Waals surface area contributed by atoms with Crippen LogP contribution in [-0.2, 0) is 6.42 Å². The number of hydrogen-bond donors (Lipinski definition) is 2. The fourth-order valence-electron chi connectivity index (χ4n) is 4.00. The summed E-state index contributed by atoms with van der Waals surface area (Å²) in [6, 6.07) is 8.52. The van der Waals surface area contributed by atoms with Gasteiger partial charge in [0.1, 0.15) is 5.69 Å². The molecule has 1 saturated heterocycles. The third-order valence-corrected chi connectivity index (χ3v) is 8.10. The molecule has 10 heteroatoms. The van der Waals surface area contributed by atoms with Gasteiger partial charge in [0.25, 0.3) is 11.8 Å². The van der Waals surface area contributed by atoms with Gasteiger partial charge in [-0.3, -0.25) is 9.59 Å². The van der Waals surface area contributed by atoms with Gasteiger partial charge in [-0.25, -0.2) is 9.67 Å². The standard InChI is InChI=1S/C25H25Cl2N5O2S/c1-14-7-17(26)9-19(24(33)29-11-15-4-5-15)22(14)30-25(34)21-10-18(8-16-12-35-13-16)31-32(21)23-20(27)3-2-6-28-23/h2-3,6-7,9-10,15-16H,4-5,8,11-13H2,1H3,(H,29,33)(H,30,34). The van der Waals surface area contributed by atoms with Gasteiger partial charge in [-0.1, -0.05) is 23.2 Å². The summed E-state index contributed by atoms with van der Waals surface area (Å²) in [7, 11) is 0. The van der Waals surface area contributed by atoms with Crippen molar-refractivity contribution < 1.29 is 9.59 Å². The topological polar surface area (TPSA) is 88.9 Å². The second-order valence-corrected chi connectivity index (χ2v) is 11.0. The molecule has 2 fully saturated rings. The molecule has 0 radical (unpaired) electrons. The van der Waals surface area contributed by atoms with Gasteiger partial charge < -0.3 is 10.6 Å². The molecular weight excluding hydrogens is 505 g/mol. The third kappa shape index (κ3) is 5.50. The van der Waals surface area contributed by atoms with Crippen LogP contribution in [0.5, 0.6) is 0 Å². The molecule has 7 nitrogen and oxygen atoms in total. The predicted octanol–water partition coefficient (Wildman–Crippen LogP) is 5.18. The summed E-state index contributed by atoms with van der Waals surface area (Å²) in [5.41, 5.74) is 2.54. The molecule has 3 heterocycles. The smallest absolute Gasteiger partial charge is 0.274 e. The molecule has 0 bridgehead atoms. The monoisotopic (exact) mass is 529 g/mol. The number of aromatic nitrogens is 3. The number of halogens is 2. The number of pyridine rings is 1. The Balaban J connectivity index is 1.47. The number of rotatable bonds is 8. The highest BCUT2D eigenvalue weighted by atomic mass is 35.5. The lowest BCUT2D eigenvalue weighted by atomic mass is 10.1. The van der Waals surface area contributed by atoms with E-state index < -0.39 is 5.91 Å². The molecule has 0 spiro atoms. The molecule has 1 aliphatic heterocycles. The summed E-state index contributed by atoms with van der Waals surface area (Å²) in [6.45, 7) is 2.43. The minimum atomic E-state index is -0.407. The summed E-state index contributed by atoms with van der Waals surface area (Å²) in [4.78, 5) is 30.9. The minimum Gasteiger partial charge on any atom is -0.352 e. The fourth-order valence-corrected chi connectivity index (χ4v) is 5.28. The van der Waals surface area contributed by atoms with Crippen LogP contribution in [-0.4, -0.2) is 44.6 Å². The number of carbonyl (C=O) groups excluding carboxylic acids is 2. The number of hydrogen-bond acceptors (Lipinski definition) is 5. The SMILES string of the molecule is Cc1cc(Cl)cc(C(=O)NCC2CC2)c1NC(=O)c1cc(CC2CSC2)nn1-c1ncccc1Cl. The highest BCUT2D eigenvalue weighted by Gasteiger charge is 2.26. The summed E-state index contributed by atoms with van der Waals surface area (Å²) in [5.74, 6) is 2.95. The lowest BCUT2D eigenvalue weighted by Crippen LogP contribution is -2.28. The Labute approximate surface area is 218 Å². The molecule has 2 aliphatic rings. The number of nitrogens with one attached hydrogen (secondary N) is 2. The first kappa shape index (κ1) is 24.2. The van der Waals surface area contributed by atoms with Crippen LogP contribution in [0.4, 0.5) is 5.69 Å². The van der Waals surface area contributed by atoms with Crippen molar-refractivity contribution in [3.8, 4) is 5.82 Å². The van der Waals surface area contributed by atoms with E-state index >= 15 is 0 Å². The average Bonchev–Trinajstić information content (AvgIpc) is 3.54. The van der Waals surface area contributed by atoms with E-state index in [1.54, 1.807) is 36.5 Å². The lowest BCUT2D eigenvalue weighted by Gasteiger charge is -2.23. The first-order valence-corrected chi connectivity index (χ1v) is 13.5. The van der Waals surface area contributed by atoms with Gasteiger partial charge >= 0.3 is 0 Å². The van der Waals surface area contributed by atoms with Crippen molar-refractivity contribution in [3.63, 3.8) is 0 Å². The Morgan fingerprint density at radius 1 is 1.14 bits per heavy atom. The molecule has 1 aliphatic carbocycles. The summed E-state index contributed by atoms with van der Waals surface area (Å²) in [6.07, 6.45) is 4.64. The maximum atomic E-state index is 13.6. The number of amides is 2. The molecule has 0 atom stereocenters. The van der Waals surface area contributed by atoms with Gasteiger partial charge in [0.15, 0.2) is 5.82 Å². The van der Waals surface area contributed by atoms with Crippen LogP contribution in [0, 0.1) is 18.8 Å². The Bertz CT molecular complexity index is 1290. The third-order valence-electron chi connectivity index (χ3n) is 6.17. The van der Waals surface area contributed by atoms with Crippen LogP contribution in [0.25, 0.3) is 5.82 Å². The van der Waals surface area contributed by atoms with Crippen LogP contribution >= 0.6 is 35.0 Å². The van der Waals surface area contributed by atoms with E-state index in [0.717, 1.165) is 36.5 Å². The largest absolute Gasteiger partial charge is 0.352 e. The average molecular weight is 530 g/mol. The van der Waals surface area contributed by atoms with Gasteiger partial charge in [0, 0.05) is 17.8 Å². The number of carbonyl (C=O) groups is 2. The number of benzene rings is 1. The molecule has 5 rings (SSSR count). The van der Waals surface area contributed by atoms with E-state index in [1.807, 2.05) is 18.7 Å². The zero-order valence-corrected chi connectivity index (χ0v) is 21.5. The van der Waals surface area contributed by atoms with Gasteiger partial charge in [0.05, 0.1) is 22.0 Å². The van der Waals surface area contributed by atoms with Crippen molar-refractivity contribution in [1.29, 1.82) is 0 Å². The zero-order valence-electron chi connectivity index (χ0n) is 19.2.